The second-order valence-corrected chi connectivity index (χ2v) is 4.60. The van der Waals surface area contributed by atoms with Gasteiger partial charge in [0.2, 0.25) is 15.9 Å². The van der Waals surface area contributed by atoms with Gasteiger partial charge in [0.05, 0.1) is 17.7 Å². The van der Waals surface area contributed by atoms with Gasteiger partial charge in [-0.05, 0) is 24.3 Å². The lowest BCUT2D eigenvalue weighted by molar-refractivity contribution is -0.122. The smallest absolute Gasteiger partial charge is 0.247 e. The highest BCUT2D eigenvalue weighted by Gasteiger charge is 2.12. The number of carbonyl (C=O) groups excluding carboxylic acids is 1. The second-order valence-electron chi connectivity index (χ2n) is 3.03. The number of amides is 1. The summed E-state index contributed by atoms with van der Waals surface area (Å²) in [7, 11) is -2.37. The molecule has 0 atom stereocenters. The number of hydrogen-bond acceptors (Lipinski definition) is 4. The van der Waals surface area contributed by atoms with E-state index in [1.807, 2.05) is 0 Å². The van der Waals surface area contributed by atoms with E-state index < -0.39 is 10.0 Å². The zero-order valence-electron chi connectivity index (χ0n) is 8.88. The SMILES string of the molecule is CON(C(C)=O)c1ccc(S(N)(=O)=O)cc1. The molecule has 1 aromatic carbocycles. The molecule has 0 saturated carbocycles. The summed E-state index contributed by atoms with van der Waals surface area (Å²) in [5.41, 5.74) is 0.433. The van der Waals surface area contributed by atoms with Gasteiger partial charge in [-0.2, -0.15) is 5.06 Å². The summed E-state index contributed by atoms with van der Waals surface area (Å²) in [6.07, 6.45) is 0. The van der Waals surface area contributed by atoms with Gasteiger partial charge < -0.3 is 0 Å². The summed E-state index contributed by atoms with van der Waals surface area (Å²) >= 11 is 0. The summed E-state index contributed by atoms with van der Waals surface area (Å²) in [6, 6.07) is 5.48. The van der Waals surface area contributed by atoms with Crippen molar-refractivity contribution in [3.8, 4) is 0 Å². The first-order valence-electron chi connectivity index (χ1n) is 4.34. The normalized spacial score (nSPS) is 11.2. The van der Waals surface area contributed by atoms with Crippen molar-refractivity contribution < 1.29 is 18.0 Å². The highest BCUT2D eigenvalue weighted by molar-refractivity contribution is 7.89. The first kappa shape index (κ1) is 12.6. The molecule has 0 aliphatic carbocycles. The maximum atomic E-state index is 11.1. The molecule has 0 fully saturated rings. The summed E-state index contributed by atoms with van der Waals surface area (Å²) in [5, 5.41) is 5.97. The van der Waals surface area contributed by atoms with Gasteiger partial charge in [0, 0.05) is 6.92 Å². The highest BCUT2D eigenvalue weighted by atomic mass is 32.2. The van der Waals surface area contributed by atoms with Gasteiger partial charge in [0.1, 0.15) is 0 Å². The Kier molecular flexibility index (Phi) is 3.63. The third-order valence-corrected chi connectivity index (χ3v) is 2.80. The van der Waals surface area contributed by atoms with E-state index >= 15 is 0 Å². The van der Waals surface area contributed by atoms with Crippen molar-refractivity contribution in [2.45, 2.75) is 11.8 Å². The molecule has 0 spiro atoms. The van der Waals surface area contributed by atoms with Crippen molar-refractivity contribution in [3.63, 3.8) is 0 Å². The average molecular weight is 244 g/mol. The van der Waals surface area contributed by atoms with E-state index in [-0.39, 0.29) is 10.8 Å². The van der Waals surface area contributed by atoms with Gasteiger partial charge >= 0.3 is 0 Å². The van der Waals surface area contributed by atoms with E-state index in [9.17, 15) is 13.2 Å². The lowest BCUT2D eigenvalue weighted by atomic mass is 10.3. The Balaban J connectivity index is 3.08. The van der Waals surface area contributed by atoms with Crippen molar-refractivity contribution in [3.05, 3.63) is 24.3 Å². The molecule has 16 heavy (non-hydrogen) atoms. The molecule has 1 amide bonds. The van der Waals surface area contributed by atoms with E-state index in [0.717, 1.165) is 5.06 Å². The molecule has 2 N–H and O–H groups in total. The van der Waals surface area contributed by atoms with Crippen LogP contribution in [0.3, 0.4) is 0 Å². The van der Waals surface area contributed by atoms with Crippen LogP contribution >= 0.6 is 0 Å². The predicted octanol–water partition coefficient (Wildman–Crippen LogP) is 0.248. The van der Waals surface area contributed by atoms with Crippen molar-refractivity contribution in [2.24, 2.45) is 5.14 Å². The molecule has 0 aliphatic heterocycles. The maximum absolute atomic E-state index is 11.1. The minimum absolute atomic E-state index is 0.0177. The molecule has 6 nitrogen and oxygen atoms in total. The summed E-state index contributed by atoms with van der Waals surface area (Å²) in [4.78, 5) is 15.9. The Labute approximate surface area is 93.6 Å². The molecule has 1 rings (SSSR count). The minimum atomic E-state index is -3.72. The summed E-state index contributed by atoms with van der Waals surface area (Å²) in [5.74, 6) is -0.314. The molecule has 1 aromatic rings. The number of anilines is 1. The van der Waals surface area contributed by atoms with E-state index in [1.54, 1.807) is 0 Å². The Bertz CT molecular complexity index is 481. The average Bonchev–Trinajstić information content (AvgIpc) is 2.17. The van der Waals surface area contributed by atoms with Crippen LogP contribution in [0.25, 0.3) is 0 Å². The molecule has 0 unspecified atom stereocenters. The van der Waals surface area contributed by atoms with E-state index in [1.165, 1.54) is 38.3 Å². The molecule has 0 aliphatic rings. The number of primary sulfonamides is 1. The van der Waals surface area contributed by atoms with Crippen LogP contribution in [0.2, 0.25) is 0 Å². The molecule has 0 heterocycles. The molecular weight excluding hydrogens is 232 g/mol. The van der Waals surface area contributed by atoms with Crippen LogP contribution in [0.4, 0.5) is 5.69 Å². The number of rotatable bonds is 3. The Morgan fingerprint density at radius 3 is 2.12 bits per heavy atom. The topological polar surface area (TPSA) is 89.7 Å². The monoisotopic (exact) mass is 244 g/mol. The van der Waals surface area contributed by atoms with Crippen molar-refractivity contribution >= 4 is 21.6 Å². The predicted molar refractivity (Wildman–Crippen MR) is 58.0 cm³/mol. The van der Waals surface area contributed by atoms with Crippen LogP contribution in [0.15, 0.2) is 29.2 Å². The number of nitrogens with zero attached hydrogens (tertiary/aromatic N) is 1. The van der Waals surface area contributed by atoms with Crippen LogP contribution < -0.4 is 10.2 Å². The van der Waals surface area contributed by atoms with E-state index in [2.05, 4.69) is 0 Å². The van der Waals surface area contributed by atoms with Gasteiger partial charge in [-0.25, -0.2) is 13.6 Å². The Hall–Kier alpha value is -1.44. The van der Waals surface area contributed by atoms with E-state index in [4.69, 9.17) is 9.98 Å². The minimum Gasteiger partial charge on any atom is -0.273 e. The summed E-state index contributed by atoms with van der Waals surface area (Å²) < 4.78 is 22.0. The van der Waals surface area contributed by atoms with E-state index in [0.29, 0.717) is 5.69 Å². The molecular formula is C9H12N2O4S. The van der Waals surface area contributed by atoms with Crippen molar-refractivity contribution in [1.82, 2.24) is 0 Å². The van der Waals surface area contributed by atoms with Crippen LogP contribution in [0.5, 0.6) is 0 Å². The van der Waals surface area contributed by atoms with Crippen LogP contribution in [-0.2, 0) is 19.7 Å². The molecule has 7 heteroatoms. The number of nitrogens with two attached hydrogens (primary N) is 1. The first-order chi connectivity index (χ1) is 7.36. The second kappa shape index (κ2) is 4.60. The quantitative estimate of drug-likeness (QED) is 0.772. The maximum Gasteiger partial charge on any atom is 0.247 e. The van der Waals surface area contributed by atoms with Gasteiger partial charge in [-0.3, -0.25) is 9.63 Å². The molecule has 0 radical (unpaired) electrons. The third-order valence-electron chi connectivity index (χ3n) is 1.87. The van der Waals surface area contributed by atoms with Crippen LogP contribution in [0, 0.1) is 0 Å². The van der Waals surface area contributed by atoms with Gasteiger partial charge in [0.15, 0.2) is 0 Å². The molecule has 0 aromatic heterocycles. The Morgan fingerprint density at radius 1 is 1.31 bits per heavy atom. The lowest BCUT2D eigenvalue weighted by Crippen LogP contribution is -2.26. The zero-order valence-corrected chi connectivity index (χ0v) is 9.69. The summed E-state index contributed by atoms with van der Waals surface area (Å²) in [6.45, 7) is 1.33. The first-order valence-corrected chi connectivity index (χ1v) is 5.88. The standard InChI is InChI=1S/C9H12N2O4S/c1-7(12)11(15-2)8-3-5-9(6-4-8)16(10,13)14/h3-6H,1-2H3,(H2,10,13,14). The van der Waals surface area contributed by atoms with Crippen molar-refractivity contribution in [1.29, 1.82) is 0 Å². The van der Waals surface area contributed by atoms with Gasteiger partial charge in [-0.1, -0.05) is 0 Å². The fourth-order valence-electron chi connectivity index (χ4n) is 1.19. The molecule has 0 bridgehead atoms. The lowest BCUT2D eigenvalue weighted by Gasteiger charge is -2.17. The largest absolute Gasteiger partial charge is 0.273 e. The van der Waals surface area contributed by atoms with Gasteiger partial charge in [0.25, 0.3) is 0 Å². The van der Waals surface area contributed by atoms with Crippen LogP contribution in [0.1, 0.15) is 6.92 Å². The zero-order chi connectivity index (χ0) is 12.3. The third kappa shape index (κ3) is 2.78. The number of hydroxylamine groups is 1. The van der Waals surface area contributed by atoms with Gasteiger partial charge in [-0.15, -0.1) is 0 Å². The molecule has 88 valence electrons. The number of hydrogen-bond donors (Lipinski definition) is 1. The number of carbonyl (C=O) groups is 1. The highest BCUT2D eigenvalue weighted by Crippen LogP contribution is 2.17. The Morgan fingerprint density at radius 2 is 1.81 bits per heavy atom. The van der Waals surface area contributed by atoms with Crippen molar-refractivity contribution in [2.75, 3.05) is 12.2 Å². The number of benzene rings is 1. The number of sulfonamides is 1. The fourth-order valence-corrected chi connectivity index (χ4v) is 1.70. The molecule has 0 saturated heterocycles. The fraction of sp³-hybridized carbons (Fsp3) is 0.222. The van der Waals surface area contributed by atoms with Crippen LogP contribution in [-0.4, -0.2) is 21.4 Å².